The van der Waals surface area contributed by atoms with E-state index in [2.05, 4.69) is 36.2 Å². The van der Waals surface area contributed by atoms with Crippen LogP contribution in [0.5, 0.6) is 5.75 Å². The highest BCUT2D eigenvalue weighted by Gasteiger charge is 2.14. The van der Waals surface area contributed by atoms with E-state index >= 15 is 0 Å². The van der Waals surface area contributed by atoms with Gasteiger partial charge in [0.05, 0.1) is 12.9 Å². The van der Waals surface area contributed by atoms with Crippen LogP contribution < -0.4 is 10.3 Å². The minimum Gasteiger partial charge on any atom is -0.492 e. The van der Waals surface area contributed by atoms with Crippen LogP contribution in [0, 0.1) is 0 Å². The van der Waals surface area contributed by atoms with Crippen LogP contribution in [0.15, 0.2) is 33.8 Å². The monoisotopic (exact) mass is 335 g/mol. The molecule has 1 N–H and O–H groups in total. The number of fused-ring (bicyclic) bond motifs is 1. The normalized spacial score (nSPS) is 10.9. The lowest BCUT2D eigenvalue weighted by molar-refractivity contribution is 0.338. The summed E-state index contributed by atoms with van der Waals surface area (Å²) in [7, 11) is 0. The molecule has 0 aliphatic heterocycles. The zero-order chi connectivity index (χ0) is 14.1. The topological polar surface area (TPSA) is 85.7 Å². The zero-order valence-electron chi connectivity index (χ0n) is 10.5. The van der Waals surface area contributed by atoms with Crippen LogP contribution in [0.1, 0.15) is 6.92 Å². The molecule has 0 unspecified atom stereocenters. The Kier molecular flexibility index (Phi) is 3.23. The van der Waals surface area contributed by atoms with Crippen LogP contribution in [-0.2, 0) is 0 Å². The standard InChI is InChI=1S/C12H10BrN5O2/c1-2-20-9-5-7(13)3-4-8(9)18-11-10(16-17-18)12(19)15-6-14-11/h3-6H,2H2,1H3,(H,14,15,19). The second-order valence-electron chi connectivity index (χ2n) is 3.95. The molecule has 0 saturated heterocycles. The maximum atomic E-state index is 11.6. The highest BCUT2D eigenvalue weighted by molar-refractivity contribution is 9.10. The molecular formula is C12H10BrN5O2. The van der Waals surface area contributed by atoms with Crippen molar-refractivity contribution in [3.05, 3.63) is 39.4 Å². The summed E-state index contributed by atoms with van der Waals surface area (Å²) in [6, 6.07) is 5.52. The van der Waals surface area contributed by atoms with Gasteiger partial charge in [-0.3, -0.25) is 4.79 Å². The smallest absolute Gasteiger partial charge is 0.280 e. The van der Waals surface area contributed by atoms with E-state index in [0.29, 0.717) is 23.7 Å². The molecule has 0 aliphatic carbocycles. The van der Waals surface area contributed by atoms with Gasteiger partial charge in [-0.2, -0.15) is 4.68 Å². The fourth-order valence-corrected chi connectivity index (χ4v) is 2.20. The SMILES string of the molecule is CCOc1cc(Br)ccc1-n1nnc2c(=O)[nH]cnc21. The van der Waals surface area contributed by atoms with E-state index in [-0.39, 0.29) is 11.1 Å². The fraction of sp³-hybridized carbons (Fsp3) is 0.167. The highest BCUT2D eigenvalue weighted by Crippen LogP contribution is 2.27. The Morgan fingerprint density at radius 1 is 1.45 bits per heavy atom. The van der Waals surface area contributed by atoms with Gasteiger partial charge in [-0.1, -0.05) is 21.1 Å². The molecule has 0 radical (unpaired) electrons. The molecule has 2 heterocycles. The van der Waals surface area contributed by atoms with Crippen LogP contribution in [0.3, 0.4) is 0 Å². The Morgan fingerprint density at radius 2 is 2.30 bits per heavy atom. The molecule has 0 saturated carbocycles. The number of H-pyrrole nitrogens is 1. The van der Waals surface area contributed by atoms with Crippen molar-refractivity contribution in [2.45, 2.75) is 6.92 Å². The number of rotatable bonds is 3. The first kappa shape index (κ1) is 12.8. The van der Waals surface area contributed by atoms with Crippen LogP contribution in [0.2, 0.25) is 0 Å². The number of benzene rings is 1. The van der Waals surface area contributed by atoms with Gasteiger partial charge >= 0.3 is 0 Å². The van der Waals surface area contributed by atoms with Gasteiger partial charge in [0.1, 0.15) is 11.4 Å². The number of hydrogen-bond donors (Lipinski definition) is 1. The molecule has 102 valence electrons. The van der Waals surface area contributed by atoms with E-state index in [4.69, 9.17) is 4.74 Å². The Balaban J connectivity index is 2.26. The number of ether oxygens (including phenoxy) is 1. The summed E-state index contributed by atoms with van der Waals surface area (Å²) in [4.78, 5) is 18.2. The van der Waals surface area contributed by atoms with E-state index in [1.807, 2.05) is 25.1 Å². The molecule has 3 rings (SSSR count). The molecule has 0 atom stereocenters. The fourth-order valence-electron chi connectivity index (χ4n) is 1.86. The summed E-state index contributed by atoms with van der Waals surface area (Å²) in [5, 5.41) is 7.85. The first-order valence-corrected chi connectivity index (χ1v) is 6.72. The minimum absolute atomic E-state index is 0.192. The number of aromatic amines is 1. The minimum atomic E-state index is -0.323. The van der Waals surface area contributed by atoms with E-state index in [0.717, 1.165) is 4.47 Å². The number of hydrogen-bond acceptors (Lipinski definition) is 5. The number of nitrogens with zero attached hydrogens (tertiary/aromatic N) is 4. The molecular weight excluding hydrogens is 326 g/mol. The van der Waals surface area contributed by atoms with Gasteiger partial charge in [0, 0.05) is 4.47 Å². The largest absolute Gasteiger partial charge is 0.492 e. The van der Waals surface area contributed by atoms with Crippen LogP contribution in [0.4, 0.5) is 0 Å². The molecule has 7 nitrogen and oxygen atoms in total. The average Bonchev–Trinajstić information content (AvgIpc) is 2.85. The molecule has 3 aromatic rings. The number of halogens is 1. The van der Waals surface area contributed by atoms with E-state index in [1.165, 1.54) is 11.0 Å². The summed E-state index contributed by atoms with van der Waals surface area (Å²) < 4.78 is 7.97. The molecule has 0 fully saturated rings. The zero-order valence-corrected chi connectivity index (χ0v) is 12.1. The van der Waals surface area contributed by atoms with Gasteiger partial charge in [0.2, 0.25) is 0 Å². The number of nitrogens with one attached hydrogen (secondary N) is 1. The molecule has 2 aromatic heterocycles. The lowest BCUT2D eigenvalue weighted by Crippen LogP contribution is -2.07. The lowest BCUT2D eigenvalue weighted by atomic mass is 10.3. The Hall–Kier alpha value is -2.22. The van der Waals surface area contributed by atoms with E-state index in [1.54, 1.807) is 0 Å². The van der Waals surface area contributed by atoms with Crippen molar-refractivity contribution in [2.75, 3.05) is 6.61 Å². The van der Waals surface area contributed by atoms with E-state index in [9.17, 15) is 4.79 Å². The first-order valence-electron chi connectivity index (χ1n) is 5.92. The van der Waals surface area contributed by atoms with Crippen LogP contribution in [-0.4, -0.2) is 31.6 Å². The predicted octanol–water partition coefficient (Wildman–Crippen LogP) is 1.66. The van der Waals surface area contributed by atoms with Crippen molar-refractivity contribution in [3.63, 3.8) is 0 Å². The quantitative estimate of drug-likeness (QED) is 0.786. The van der Waals surface area contributed by atoms with Crippen molar-refractivity contribution >= 4 is 27.1 Å². The van der Waals surface area contributed by atoms with E-state index < -0.39 is 0 Å². The molecule has 20 heavy (non-hydrogen) atoms. The average molecular weight is 336 g/mol. The van der Waals surface area contributed by atoms with Gasteiger partial charge in [0.15, 0.2) is 11.2 Å². The van der Waals surface area contributed by atoms with Gasteiger partial charge in [-0.15, -0.1) is 5.10 Å². The molecule has 0 amide bonds. The predicted molar refractivity (Wildman–Crippen MR) is 76.1 cm³/mol. The maximum Gasteiger partial charge on any atom is 0.280 e. The summed E-state index contributed by atoms with van der Waals surface area (Å²) in [5.74, 6) is 0.635. The summed E-state index contributed by atoms with van der Waals surface area (Å²) >= 11 is 3.40. The third kappa shape index (κ3) is 2.07. The molecule has 0 spiro atoms. The number of aromatic nitrogens is 5. The summed E-state index contributed by atoms with van der Waals surface area (Å²) in [6.07, 6.45) is 1.32. The summed E-state index contributed by atoms with van der Waals surface area (Å²) in [5.41, 5.74) is 0.932. The van der Waals surface area contributed by atoms with Crippen molar-refractivity contribution in [2.24, 2.45) is 0 Å². The molecule has 8 heteroatoms. The summed E-state index contributed by atoms with van der Waals surface area (Å²) in [6.45, 7) is 2.41. The van der Waals surface area contributed by atoms with Gasteiger partial charge in [-0.25, -0.2) is 4.98 Å². The van der Waals surface area contributed by atoms with Crippen molar-refractivity contribution in [3.8, 4) is 11.4 Å². The third-order valence-electron chi connectivity index (χ3n) is 2.69. The second-order valence-corrected chi connectivity index (χ2v) is 4.87. The Bertz CT molecular complexity index is 826. The molecule has 0 bridgehead atoms. The van der Waals surface area contributed by atoms with Crippen LogP contribution in [0.25, 0.3) is 16.9 Å². The highest BCUT2D eigenvalue weighted by atomic mass is 79.9. The maximum absolute atomic E-state index is 11.6. The third-order valence-corrected chi connectivity index (χ3v) is 3.19. The van der Waals surface area contributed by atoms with Crippen molar-refractivity contribution in [1.29, 1.82) is 0 Å². The second kappa shape index (κ2) is 5.04. The van der Waals surface area contributed by atoms with Gasteiger partial charge in [-0.05, 0) is 25.1 Å². The Labute approximate surface area is 121 Å². The first-order chi connectivity index (χ1) is 9.70. The lowest BCUT2D eigenvalue weighted by Gasteiger charge is -2.10. The Morgan fingerprint density at radius 3 is 3.10 bits per heavy atom. The van der Waals surface area contributed by atoms with Gasteiger partial charge < -0.3 is 9.72 Å². The molecule has 0 aliphatic rings. The van der Waals surface area contributed by atoms with Crippen molar-refractivity contribution in [1.82, 2.24) is 25.0 Å². The molecule has 1 aromatic carbocycles. The van der Waals surface area contributed by atoms with Crippen LogP contribution >= 0.6 is 15.9 Å². The van der Waals surface area contributed by atoms with Gasteiger partial charge in [0.25, 0.3) is 5.56 Å². The van der Waals surface area contributed by atoms with Crippen molar-refractivity contribution < 1.29 is 4.74 Å².